The molecule has 7 heteroatoms. The maximum absolute atomic E-state index is 9.97. The first kappa shape index (κ1) is 21.4. The van der Waals surface area contributed by atoms with E-state index in [1.54, 1.807) is 6.20 Å². The number of anilines is 3. The smallest absolute Gasteiger partial charge is 0.227 e. The molecule has 3 N–H and O–H groups in total. The van der Waals surface area contributed by atoms with Crippen molar-refractivity contribution in [1.82, 2.24) is 15.0 Å². The highest BCUT2D eigenvalue weighted by atomic mass is 16.3. The Hall–Kier alpha value is -3.50. The molecule has 3 aromatic rings. The Kier molecular flexibility index (Phi) is 5.47. The Labute approximate surface area is 193 Å². The van der Waals surface area contributed by atoms with Crippen LogP contribution < -0.4 is 10.6 Å². The van der Waals surface area contributed by atoms with Crippen LogP contribution >= 0.6 is 0 Å². The number of pyridine rings is 1. The summed E-state index contributed by atoms with van der Waals surface area (Å²) in [6.45, 7) is 4.62. The highest BCUT2D eigenvalue weighted by Gasteiger charge is 2.36. The maximum atomic E-state index is 9.97. The van der Waals surface area contributed by atoms with E-state index < -0.39 is 5.41 Å². The van der Waals surface area contributed by atoms with Crippen molar-refractivity contribution >= 4 is 17.3 Å². The van der Waals surface area contributed by atoms with E-state index in [1.165, 1.54) is 12.8 Å². The summed E-state index contributed by atoms with van der Waals surface area (Å²) in [6, 6.07) is 10.1. The Bertz CT molecular complexity index is 1250. The van der Waals surface area contributed by atoms with Crippen LogP contribution in [0.2, 0.25) is 0 Å². The van der Waals surface area contributed by atoms with Gasteiger partial charge in [0.05, 0.1) is 34.9 Å². The Morgan fingerprint density at radius 3 is 2.88 bits per heavy atom. The van der Waals surface area contributed by atoms with Crippen molar-refractivity contribution in [1.29, 1.82) is 5.26 Å². The van der Waals surface area contributed by atoms with Gasteiger partial charge in [-0.3, -0.25) is 4.98 Å². The van der Waals surface area contributed by atoms with E-state index in [9.17, 15) is 10.4 Å². The van der Waals surface area contributed by atoms with Gasteiger partial charge in [0.1, 0.15) is 6.07 Å². The van der Waals surface area contributed by atoms with Crippen LogP contribution in [0.1, 0.15) is 48.6 Å². The van der Waals surface area contributed by atoms with Gasteiger partial charge < -0.3 is 15.7 Å². The molecular formula is C26H28N6O. The van der Waals surface area contributed by atoms with Crippen LogP contribution in [0.5, 0.6) is 0 Å². The molecule has 1 atom stereocenters. The lowest BCUT2D eigenvalue weighted by Crippen LogP contribution is -2.28. The first-order valence-electron chi connectivity index (χ1n) is 11.5. The zero-order valence-electron chi connectivity index (χ0n) is 19.0. The summed E-state index contributed by atoms with van der Waals surface area (Å²) in [7, 11) is 0. The summed E-state index contributed by atoms with van der Waals surface area (Å²) in [4.78, 5) is 13.8. The summed E-state index contributed by atoms with van der Waals surface area (Å²) in [5.41, 5.74) is 6.47. The Balaban J connectivity index is 1.47. The quantitative estimate of drug-likeness (QED) is 0.497. The summed E-state index contributed by atoms with van der Waals surface area (Å²) < 4.78 is 0. The second-order valence-electron chi connectivity index (χ2n) is 9.51. The molecule has 2 aromatic heterocycles. The fourth-order valence-electron chi connectivity index (χ4n) is 4.42. The van der Waals surface area contributed by atoms with E-state index in [0.29, 0.717) is 18.1 Å². The van der Waals surface area contributed by atoms with Gasteiger partial charge in [-0.2, -0.15) is 5.26 Å². The lowest BCUT2D eigenvalue weighted by molar-refractivity contribution is 0.219. The van der Waals surface area contributed by atoms with Crippen LogP contribution in [0.3, 0.4) is 0 Å². The molecule has 1 saturated carbocycles. The molecule has 33 heavy (non-hydrogen) atoms. The van der Waals surface area contributed by atoms with E-state index in [0.717, 1.165) is 58.2 Å². The topological polar surface area (TPSA) is 107 Å². The average Bonchev–Trinajstić information content (AvgIpc) is 3.60. The van der Waals surface area contributed by atoms with Gasteiger partial charge in [0.15, 0.2) is 0 Å². The van der Waals surface area contributed by atoms with E-state index in [2.05, 4.69) is 32.7 Å². The number of hydrogen-bond donors (Lipinski definition) is 3. The molecule has 1 aliphatic carbocycles. The van der Waals surface area contributed by atoms with Crippen molar-refractivity contribution in [2.24, 2.45) is 5.92 Å². The van der Waals surface area contributed by atoms with E-state index in [1.807, 2.05) is 38.2 Å². The number of aromatic nitrogens is 3. The number of nitrogens with zero attached hydrogens (tertiary/aromatic N) is 4. The van der Waals surface area contributed by atoms with Crippen molar-refractivity contribution in [3.05, 3.63) is 59.0 Å². The number of aliphatic hydroxyl groups is 1. The van der Waals surface area contributed by atoms with Crippen LogP contribution in [-0.2, 0) is 11.8 Å². The van der Waals surface area contributed by atoms with E-state index in [4.69, 9.17) is 4.98 Å². The highest BCUT2D eigenvalue weighted by Crippen LogP contribution is 2.41. The fraction of sp³-hybridized carbons (Fsp3) is 0.385. The minimum absolute atomic E-state index is 0.00188. The first-order valence-corrected chi connectivity index (χ1v) is 11.5. The van der Waals surface area contributed by atoms with Crippen molar-refractivity contribution < 1.29 is 5.11 Å². The molecule has 1 aliphatic heterocycles. The Morgan fingerprint density at radius 1 is 1.27 bits per heavy atom. The molecule has 3 heterocycles. The van der Waals surface area contributed by atoms with E-state index in [-0.39, 0.29) is 6.61 Å². The molecule has 168 valence electrons. The minimum atomic E-state index is -0.436. The molecule has 0 spiro atoms. The Morgan fingerprint density at radius 2 is 2.12 bits per heavy atom. The first-order chi connectivity index (χ1) is 16.0. The molecule has 1 fully saturated rings. The third-order valence-electron chi connectivity index (χ3n) is 6.70. The van der Waals surface area contributed by atoms with Gasteiger partial charge in [-0.25, -0.2) is 9.97 Å². The average molecular weight is 441 g/mol. The molecule has 0 bridgehead atoms. The molecule has 2 aliphatic rings. The molecule has 0 radical (unpaired) electrons. The SMILES string of the molecule is Cc1cnc(CCC2CC2)c(Nc2nccc(-c3cc(C#N)c4c(c3)[C@@](C)(CO)CN4)n2)c1. The lowest BCUT2D eigenvalue weighted by Gasteiger charge is -2.21. The summed E-state index contributed by atoms with van der Waals surface area (Å²) >= 11 is 0. The third kappa shape index (κ3) is 4.27. The van der Waals surface area contributed by atoms with Crippen LogP contribution in [0, 0.1) is 24.2 Å². The number of aryl methyl sites for hydroxylation is 2. The van der Waals surface area contributed by atoms with E-state index >= 15 is 0 Å². The number of nitrogens with one attached hydrogen (secondary N) is 2. The molecular weight excluding hydrogens is 412 g/mol. The predicted octanol–water partition coefficient (Wildman–Crippen LogP) is 4.48. The van der Waals surface area contributed by atoms with Crippen molar-refractivity contribution in [3.8, 4) is 17.3 Å². The number of benzene rings is 1. The fourth-order valence-corrected chi connectivity index (χ4v) is 4.42. The molecule has 1 aromatic carbocycles. The predicted molar refractivity (Wildman–Crippen MR) is 128 cm³/mol. The van der Waals surface area contributed by atoms with Crippen molar-refractivity contribution in [3.63, 3.8) is 0 Å². The van der Waals surface area contributed by atoms with Crippen molar-refractivity contribution in [2.45, 2.75) is 44.9 Å². The van der Waals surface area contributed by atoms with Crippen LogP contribution in [0.15, 0.2) is 36.7 Å². The van der Waals surface area contributed by atoms with Gasteiger partial charge in [-0.1, -0.05) is 19.8 Å². The molecule has 5 rings (SSSR count). The number of nitriles is 1. The summed E-state index contributed by atoms with van der Waals surface area (Å²) in [5, 5.41) is 26.3. The van der Waals surface area contributed by atoms with Gasteiger partial charge in [0, 0.05) is 29.9 Å². The number of rotatable bonds is 7. The molecule has 0 amide bonds. The maximum Gasteiger partial charge on any atom is 0.227 e. The van der Waals surface area contributed by atoms with Gasteiger partial charge in [-0.05, 0) is 61.1 Å². The molecule has 7 nitrogen and oxygen atoms in total. The number of fused-ring (bicyclic) bond motifs is 1. The monoisotopic (exact) mass is 440 g/mol. The van der Waals surface area contributed by atoms with Crippen LogP contribution in [0.4, 0.5) is 17.3 Å². The van der Waals surface area contributed by atoms with Gasteiger partial charge >= 0.3 is 0 Å². The minimum Gasteiger partial charge on any atom is -0.395 e. The van der Waals surface area contributed by atoms with Crippen LogP contribution in [0.25, 0.3) is 11.3 Å². The van der Waals surface area contributed by atoms with Gasteiger partial charge in [-0.15, -0.1) is 0 Å². The number of aliphatic hydroxyl groups excluding tert-OH is 1. The second-order valence-corrected chi connectivity index (χ2v) is 9.51. The molecule has 0 saturated heterocycles. The molecule has 0 unspecified atom stereocenters. The van der Waals surface area contributed by atoms with Crippen molar-refractivity contribution in [2.75, 3.05) is 23.8 Å². The largest absolute Gasteiger partial charge is 0.395 e. The normalized spacial score (nSPS) is 19.0. The zero-order valence-corrected chi connectivity index (χ0v) is 19.0. The summed E-state index contributed by atoms with van der Waals surface area (Å²) in [6.07, 6.45) is 8.39. The summed E-state index contributed by atoms with van der Waals surface area (Å²) in [5.74, 6) is 1.34. The van der Waals surface area contributed by atoms with Crippen LogP contribution in [-0.4, -0.2) is 33.2 Å². The number of hydrogen-bond acceptors (Lipinski definition) is 7. The second kappa shape index (κ2) is 8.45. The zero-order chi connectivity index (χ0) is 23.0. The third-order valence-corrected chi connectivity index (χ3v) is 6.70. The highest BCUT2D eigenvalue weighted by molar-refractivity contribution is 5.76. The lowest BCUT2D eigenvalue weighted by atomic mass is 9.83. The standard InChI is InChI=1S/C26H28N6O/c1-16-9-23(22(29-13-16)6-5-17-3-4-17)32-25-28-8-7-21(31-25)18-10-19(12-27)24-20(11-18)26(2,15-33)14-30-24/h7-11,13,17,30,33H,3-6,14-15H2,1-2H3,(H,28,31,32)/t26-/m1/s1. The van der Waals surface area contributed by atoms with Gasteiger partial charge in [0.25, 0.3) is 0 Å². The van der Waals surface area contributed by atoms with Gasteiger partial charge in [0.2, 0.25) is 5.95 Å².